The number of nitrogens with one attached hydrogen (secondary N) is 1. The molecule has 152 valence electrons. The molecular formula is C20H19NO8. The van der Waals surface area contributed by atoms with Gasteiger partial charge in [-0.15, -0.1) is 0 Å². The van der Waals surface area contributed by atoms with Gasteiger partial charge in [0.05, 0.1) is 37.5 Å². The maximum Gasteiger partial charge on any atom is 0.338 e. The van der Waals surface area contributed by atoms with Crippen molar-refractivity contribution in [2.75, 3.05) is 26.1 Å². The summed E-state index contributed by atoms with van der Waals surface area (Å²) in [5.74, 6) is -2.81. The molecule has 9 heteroatoms. The highest BCUT2D eigenvalue weighted by molar-refractivity contribution is 6.00. The molecule has 0 heterocycles. The molecule has 0 saturated heterocycles. The van der Waals surface area contributed by atoms with Crippen molar-refractivity contribution in [3.05, 3.63) is 64.7 Å². The number of anilines is 1. The smallest absolute Gasteiger partial charge is 0.338 e. The summed E-state index contributed by atoms with van der Waals surface area (Å²) in [6, 6.07) is 9.94. The quantitative estimate of drug-likeness (QED) is 0.528. The van der Waals surface area contributed by atoms with Gasteiger partial charge in [-0.1, -0.05) is 12.1 Å². The highest BCUT2D eigenvalue weighted by Gasteiger charge is 2.16. The summed E-state index contributed by atoms with van der Waals surface area (Å²) < 4.78 is 14.2. The fourth-order valence-electron chi connectivity index (χ4n) is 2.33. The van der Waals surface area contributed by atoms with Crippen LogP contribution in [0.3, 0.4) is 0 Å². The van der Waals surface area contributed by atoms with E-state index in [1.165, 1.54) is 44.6 Å². The molecule has 2 aromatic carbocycles. The van der Waals surface area contributed by atoms with Gasteiger partial charge in [0.15, 0.2) is 6.61 Å². The first kappa shape index (κ1) is 21.6. The summed E-state index contributed by atoms with van der Waals surface area (Å²) in [6.45, 7) is -0.744. The second-order valence-electron chi connectivity index (χ2n) is 5.76. The first-order valence-electron chi connectivity index (χ1n) is 8.36. The van der Waals surface area contributed by atoms with Crippen LogP contribution in [0.4, 0.5) is 5.69 Å². The van der Waals surface area contributed by atoms with Gasteiger partial charge in [0.1, 0.15) is 0 Å². The van der Waals surface area contributed by atoms with E-state index in [0.29, 0.717) is 5.56 Å². The number of aliphatic hydroxyl groups excluding tert-OH is 1. The lowest BCUT2D eigenvalue weighted by Gasteiger charge is -2.10. The van der Waals surface area contributed by atoms with Crippen LogP contribution < -0.4 is 5.32 Å². The third-order valence-corrected chi connectivity index (χ3v) is 3.77. The van der Waals surface area contributed by atoms with Gasteiger partial charge in [-0.05, 0) is 35.9 Å². The second kappa shape index (κ2) is 10.00. The number of carbonyl (C=O) groups excluding carboxylic acids is 4. The lowest BCUT2D eigenvalue weighted by Crippen LogP contribution is -2.21. The van der Waals surface area contributed by atoms with E-state index in [-0.39, 0.29) is 29.0 Å². The minimum atomic E-state index is -0.719. The average molecular weight is 401 g/mol. The molecule has 0 saturated carbocycles. The Morgan fingerprint density at radius 2 is 1.38 bits per heavy atom. The zero-order valence-corrected chi connectivity index (χ0v) is 15.8. The van der Waals surface area contributed by atoms with Crippen LogP contribution in [-0.4, -0.2) is 49.7 Å². The monoisotopic (exact) mass is 401 g/mol. The third-order valence-electron chi connectivity index (χ3n) is 3.77. The zero-order valence-electron chi connectivity index (χ0n) is 15.8. The Morgan fingerprint density at radius 3 is 1.86 bits per heavy atom. The number of benzene rings is 2. The van der Waals surface area contributed by atoms with Crippen LogP contribution in [0.25, 0.3) is 0 Å². The number of hydrogen-bond acceptors (Lipinski definition) is 8. The normalized spacial score (nSPS) is 10.0. The predicted octanol–water partition coefficient (Wildman–Crippen LogP) is 1.55. The molecule has 2 aromatic rings. The van der Waals surface area contributed by atoms with Crippen molar-refractivity contribution in [1.82, 2.24) is 0 Å². The number of esters is 3. The molecular weight excluding hydrogens is 382 g/mol. The number of hydrogen-bond donors (Lipinski definition) is 2. The van der Waals surface area contributed by atoms with Crippen molar-refractivity contribution < 1.29 is 38.5 Å². The minimum Gasteiger partial charge on any atom is -0.465 e. The van der Waals surface area contributed by atoms with Gasteiger partial charge in [-0.2, -0.15) is 0 Å². The molecule has 0 unspecified atom stereocenters. The first-order valence-corrected chi connectivity index (χ1v) is 8.36. The van der Waals surface area contributed by atoms with Gasteiger partial charge in [-0.25, -0.2) is 14.4 Å². The Balaban J connectivity index is 2.05. The van der Waals surface area contributed by atoms with Crippen LogP contribution in [0.2, 0.25) is 0 Å². The molecule has 2 rings (SSSR count). The van der Waals surface area contributed by atoms with Gasteiger partial charge in [0.2, 0.25) is 0 Å². The van der Waals surface area contributed by atoms with Gasteiger partial charge in [-0.3, -0.25) is 4.79 Å². The van der Waals surface area contributed by atoms with Crippen molar-refractivity contribution in [3.8, 4) is 0 Å². The number of rotatable bonds is 7. The van der Waals surface area contributed by atoms with E-state index in [1.54, 1.807) is 12.1 Å². The summed E-state index contributed by atoms with van der Waals surface area (Å²) in [7, 11) is 2.36. The molecule has 9 nitrogen and oxygen atoms in total. The number of aliphatic hydroxyl groups is 1. The number of amides is 1. The van der Waals surface area contributed by atoms with Gasteiger partial charge in [0, 0.05) is 5.69 Å². The van der Waals surface area contributed by atoms with Crippen molar-refractivity contribution >= 4 is 29.5 Å². The molecule has 29 heavy (non-hydrogen) atoms. The highest BCUT2D eigenvalue weighted by atomic mass is 16.5. The van der Waals surface area contributed by atoms with Crippen LogP contribution in [0, 0.1) is 0 Å². The minimum absolute atomic E-state index is 0.0340. The Kier molecular flexibility index (Phi) is 7.44. The second-order valence-corrected chi connectivity index (χ2v) is 5.76. The predicted molar refractivity (Wildman–Crippen MR) is 100 cm³/mol. The van der Waals surface area contributed by atoms with E-state index in [9.17, 15) is 19.2 Å². The standard InChI is InChI=1S/C20H19NO8/c1-27-18(24)14-7-15(19(25)28-2)9-16(8-14)21-17(23)11-29-20(26)13-5-3-12(10-22)4-6-13/h3-9,22H,10-11H2,1-2H3,(H,21,23). The SMILES string of the molecule is COC(=O)c1cc(NC(=O)COC(=O)c2ccc(CO)cc2)cc(C(=O)OC)c1. The summed E-state index contributed by atoms with van der Waals surface area (Å²) in [4.78, 5) is 47.6. The molecule has 0 radical (unpaired) electrons. The largest absolute Gasteiger partial charge is 0.465 e. The molecule has 0 bridgehead atoms. The maximum atomic E-state index is 12.1. The van der Waals surface area contributed by atoms with E-state index in [2.05, 4.69) is 14.8 Å². The van der Waals surface area contributed by atoms with Gasteiger partial charge < -0.3 is 24.6 Å². The molecule has 0 aliphatic rings. The lowest BCUT2D eigenvalue weighted by molar-refractivity contribution is -0.119. The van der Waals surface area contributed by atoms with Crippen molar-refractivity contribution in [2.24, 2.45) is 0 Å². The molecule has 0 fully saturated rings. The van der Waals surface area contributed by atoms with Crippen LogP contribution in [-0.2, 0) is 25.6 Å². The molecule has 0 aromatic heterocycles. The Labute approximate surface area is 166 Å². The Bertz CT molecular complexity index is 886. The van der Waals surface area contributed by atoms with E-state index < -0.39 is 30.4 Å². The first-order chi connectivity index (χ1) is 13.9. The average Bonchev–Trinajstić information content (AvgIpc) is 2.76. The summed E-state index contributed by atoms with van der Waals surface area (Å²) in [6.07, 6.45) is 0. The summed E-state index contributed by atoms with van der Waals surface area (Å²) in [5.41, 5.74) is 1.04. The van der Waals surface area contributed by atoms with Crippen molar-refractivity contribution in [1.29, 1.82) is 0 Å². The Morgan fingerprint density at radius 1 is 0.828 bits per heavy atom. The van der Waals surface area contributed by atoms with Crippen molar-refractivity contribution in [2.45, 2.75) is 6.61 Å². The maximum absolute atomic E-state index is 12.1. The van der Waals surface area contributed by atoms with Crippen LogP contribution in [0.1, 0.15) is 36.6 Å². The Hall–Kier alpha value is -3.72. The van der Waals surface area contributed by atoms with Crippen LogP contribution >= 0.6 is 0 Å². The molecule has 2 N–H and O–H groups in total. The van der Waals surface area contributed by atoms with Crippen molar-refractivity contribution in [3.63, 3.8) is 0 Å². The van der Waals surface area contributed by atoms with E-state index in [1.807, 2.05) is 0 Å². The van der Waals surface area contributed by atoms with Gasteiger partial charge in [0.25, 0.3) is 5.91 Å². The van der Waals surface area contributed by atoms with Crippen LogP contribution in [0.15, 0.2) is 42.5 Å². The fraction of sp³-hybridized carbons (Fsp3) is 0.200. The lowest BCUT2D eigenvalue weighted by atomic mass is 10.1. The third kappa shape index (κ3) is 5.88. The molecule has 0 aliphatic heterocycles. The van der Waals surface area contributed by atoms with E-state index in [0.717, 1.165) is 0 Å². The highest BCUT2D eigenvalue weighted by Crippen LogP contribution is 2.17. The topological polar surface area (TPSA) is 128 Å². The number of ether oxygens (including phenoxy) is 3. The number of carbonyl (C=O) groups is 4. The molecule has 0 spiro atoms. The van der Waals surface area contributed by atoms with Crippen LogP contribution in [0.5, 0.6) is 0 Å². The summed E-state index contributed by atoms with van der Waals surface area (Å²) in [5, 5.41) is 11.4. The summed E-state index contributed by atoms with van der Waals surface area (Å²) >= 11 is 0. The molecule has 0 atom stereocenters. The molecule has 0 aliphatic carbocycles. The fourth-order valence-corrected chi connectivity index (χ4v) is 2.33. The number of methoxy groups -OCH3 is 2. The zero-order chi connectivity index (χ0) is 21.4. The van der Waals surface area contributed by atoms with E-state index in [4.69, 9.17) is 9.84 Å². The van der Waals surface area contributed by atoms with E-state index >= 15 is 0 Å². The molecule has 1 amide bonds. The van der Waals surface area contributed by atoms with Gasteiger partial charge >= 0.3 is 17.9 Å².